The minimum Gasteiger partial charge on any atom is -0.392 e. The van der Waals surface area contributed by atoms with Crippen LogP contribution in [0.3, 0.4) is 0 Å². The number of hydrogen-bond donors (Lipinski definition) is 1. The zero-order valence-corrected chi connectivity index (χ0v) is 18.6. The topological polar surface area (TPSA) is 52.5 Å². The maximum atomic E-state index is 10.2. The summed E-state index contributed by atoms with van der Waals surface area (Å²) in [4.78, 5) is 14.4. The first-order valence-electron chi connectivity index (χ1n) is 10.9. The average Bonchev–Trinajstić information content (AvgIpc) is 2.71. The number of aromatic nitrogens is 2. The molecule has 158 valence electrons. The molecule has 1 N–H and O–H groups in total. The van der Waals surface area contributed by atoms with Crippen molar-refractivity contribution in [2.24, 2.45) is 5.92 Å². The van der Waals surface area contributed by atoms with Gasteiger partial charge in [0, 0.05) is 50.4 Å². The van der Waals surface area contributed by atoms with Gasteiger partial charge in [0.25, 0.3) is 0 Å². The molecule has 2 aromatic rings. The molecule has 0 saturated carbocycles. The molecule has 1 aliphatic rings. The van der Waals surface area contributed by atoms with E-state index in [2.05, 4.69) is 61.8 Å². The fourth-order valence-electron chi connectivity index (χ4n) is 3.90. The quantitative estimate of drug-likeness (QED) is 0.777. The molecule has 5 heteroatoms. The van der Waals surface area contributed by atoms with Gasteiger partial charge in [0.2, 0.25) is 0 Å². The summed E-state index contributed by atoms with van der Waals surface area (Å²) in [6.45, 7) is 15.0. The second kappa shape index (κ2) is 9.68. The Balaban J connectivity index is 1.80. The fraction of sp³-hybridized carbons (Fsp3) is 0.583. The minimum absolute atomic E-state index is 0.258. The van der Waals surface area contributed by atoms with E-state index in [9.17, 15) is 5.11 Å². The third-order valence-corrected chi connectivity index (χ3v) is 5.91. The van der Waals surface area contributed by atoms with E-state index in [4.69, 9.17) is 9.97 Å². The van der Waals surface area contributed by atoms with Gasteiger partial charge in [-0.05, 0) is 31.7 Å². The summed E-state index contributed by atoms with van der Waals surface area (Å²) in [6, 6.07) is 8.77. The van der Waals surface area contributed by atoms with Gasteiger partial charge in [0.1, 0.15) is 11.6 Å². The van der Waals surface area contributed by atoms with Gasteiger partial charge >= 0.3 is 0 Å². The third kappa shape index (κ3) is 5.55. The molecule has 1 saturated heterocycles. The summed E-state index contributed by atoms with van der Waals surface area (Å²) in [6.07, 6.45) is 1.52. The molecule has 1 atom stereocenters. The predicted octanol–water partition coefficient (Wildman–Crippen LogP) is 3.39. The number of hydrogen-bond acceptors (Lipinski definition) is 5. The molecule has 0 amide bonds. The fourth-order valence-corrected chi connectivity index (χ4v) is 3.90. The number of piperazine rings is 1. The highest BCUT2D eigenvalue weighted by Gasteiger charge is 2.24. The summed E-state index contributed by atoms with van der Waals surface area (Å²) < 4.78 is 0. The minimum atomic E-state index is -0.258. The van der Waals surface area contributed by atoms with E-state index >= 15 is 0 Å². The first-order valence-corrected chi connectivity index (χ1v) is 10.9. The molecular formula is C24H36N4O. The number of aliphatic hydroxyl groups is 1. The van der Waals surface area contributed by atoms with Crippen LogP contribution in [-0.2, 0) is 12.8 Å². The Bertz CT molecular complexity index is 795. The number of anilines is 1. The second-order valence-electron chi connectivity index (χ2n) is 8.63. The van der Waals surface area contributed by atoms with E-state index in [1.54, 1.807) is 0 Å². The highest BCUT2D eigenvalue weighted by molar-refractivity contribution is 5.52. The Kier molecular flexibility index (Phi) is 7.25. The van der Waals surface area contributed by atoms with Crippen molar-refractivity contribution in [2.75, 3.05) is 37.6 Å². The van der Waals surface area contributed by atoms with E-state index in [-0.39, 0.29) is 6.10 Å². The van der Waals surface area contributed by atoms with Crippen LogP contribution in [0.25, 0.3) is 0 Å². The lowest BCUT2D eigenvalue weighted by Gasteiger charge is -2.37. The molecule has 1 aromatic heterocycles. The Morgan fingerprint density at radius 1 is 1.00 bits per heavy atom. The third-order valence-electron chi connectivity index (χ3n) is 5.91. The lowest BCUT2D eigenvalue weighted by Crippen LogP contribution is -2.49. The Morgan fingerprint density at radius 2 is 1.66 bits per heavy atom. The van der Waals surface area contributed by atoms with Gasteiger partial charge in [0.05, 0.1) is 6.10 Å². The lowest BCUT2D eigenvalue weighted by molar-refractivity contribution is 0.0738. The number of benzene rings is 1. The number of aryl methyl sites for hydroxylation is 3. The zero-order chi connectivity index (χ0) is 21.0. The van der Waals surface area contributed by atoms with Gasteiger partial charge in [0.15, 0.2) is 0 Å². The number of nitrogens with zero attached hydrogens (tertiary/aromatic N) is 4. The van der Waals surface area contributed by atoms with Crippen LogP contribution < -0.4 is 4.90 Å². The molecule has 0 radical (unpaired) electrons. The highest BCUT2D eigenvalue weighted by Crippen LogP contribution is 2.26. The molecule has 29 heavy (non-hydrogen) atoms. The summed E-state index contributed by atoms with van der Waals surface area (Å²) in [5, 5.41) is 10.2. The van der Waals surface area contributed by atoms with E-state index in [1.165, 1.54) is 16.7 Å². The average molecular weight is 397 g/mol. The number of β-amino-alcohol motifs (C(OH)–C–C–N with tert-alkyl or cyclic N) is 1. The van der Waals surface area contributed by atoms with Crippen LogP contribution >= 0.6 is 0 Å². The summed E-state index contributed by atoms with van der Waals surface area (Å²) >= 11 is 0. The molecule has 0 bridgehead atoms. The molecule has 1 aliphatic heterocycles. The Morgan fingerprint density at radius 3 is 2.24 bits per heavy atom. The van der Waals surface area contributed by atoms with E-state index < -0.39 is 0 Å². The monoisotopic (exact) mass is 396 g/mol. The highest BCUT2D eigenvalue weighted by atomic mass is 16.3. The predicted molar refractivity (Wildman–Crippen MR) is 120 cm³/mol. The maximum Gasteiger partial charge on any atom is 0.136 e. The molecule has 0 spiro atoms. The molecule has 1 fully saturated rings. The molecule has 2 heterocycles. The van der Waals surface area contributed by atoms with Crippen LogP contribution in [0.1, 0.15) is 49.0 Å². The van der Waals surface area contributed by atoms with Crippen molar-refractivity contribution in [3.8, 4) is 0 Å². The van der Waals surface area contributed by atoms with Crippen molar-refractivity contribution in [1.29, 1.82) is 0 Å². The molecule has 3 rings (SSSR count). The number of aliphatic hydroxyl groups excluding tert-OH is 1. The SMILES string of the molecule is CCc1nc(C)nc(N2CCN(C[C@H](O)C(C)C)CC2)c1Cc1ccc(C)cc1. The van der Waals surface area contributed by atoms with Crippen molar-refractivity contribution in [3.63, 3.8) is 0 Å². The lowest BCUT2D eigenvalue weighted by atomic mass is 10.0. The van der Waals surface area contributed by atoms with Crippen LogP contribution in [0.15, 0.2) is 24.3 Å². The second-order valence-corrected chi connectivity index (χ2v) is 8.63. The van der Waals surface area contributed by atoms with Crippen molar-refractivity contribution >= 4 is 5.82 Å². The van der Waals surface area contributed by atoms with Crippen LogP contribution in [-0.4, -0.2) is 58.8 Å². The summed E-state index contributed by atoms with van der Waals surface area (Å²) in [5.41, 5.74) is 5.01. The molecule has 5 nitrogen and oxygen atoms in total. The standard InChI is InChI=1S/C24H36N4O/c1-6-22-21(15-20-9-7-18(4)8-10-20)24(26-19(5)25-22)28-13-11-27(12-14-28)16-23(29)17(2)3/h7-10,17,23,29H,6,11-16H2,1-5H3/t23-/m0/s1. The molecule has 0 unspecified atom stereocenters. The van der Waals surface area contributed by atoms with Gasteiger partial charge in [-0.2, -0.15) is 0 Å². The van der Waals surface area contributed by atoms with Crippen molar-refractivity contribution in [3.05, 3.63) is 52.5 Å². The maximum absolute atomic E-state index is 10.2. The Hall–Kier alpha value is -1.98. The smallest absolute Gasteiger partial charge is 0.136 e. The molecular weight excluding hydrogens is 360 g/mol. The normalized spacial score (nSPS) is 16.4. The van der Waals surface area contributed by atoms with Crippen molar-refractivity contribution in [2.45, 2.75) is 53.6 Å². The largest absolute Gasteiger partial charge is 0.392 e. The van der Waals surface area contributed by atoms with E-state index in [1.807, 2.05) is 6.92 Å². The van der Waals surface area contributed by atoms with Crippen LogP contribution in [0, 0.1) is 19.8 Å². The van der Waals surface area contributed by atoms with Gasteiger partial charge < -0.3 is 10.0 Å². The first-order chi connectivity index (χ1) is 13.9. The van der Waals surface area contributed by atoms with Gasteiger partial charge in [-0.3, -0.25) is 4.90 Å². The van der Waals surface area contributed by atoms with Gasteiger partial charge in [-0.1, -0.05) is 50.6 Å². The van der Waals surface area contributed by atoms with Gasteiger partial charge in [-0.25, -0.2) is 9.97 Å². The van der Waals surface area contributed by atoms with E-state index in [0.717, 1.165) is 62.9 Å². The van der Waals surface area contributed by atoms with E-state index in [0.29, 0.717) is 5.92 Å². The zero-order valence-electron chi connectivity index (χ0n) is 18.6. The summed E-state index contributed by atoms with van der Waals surface area (Å²) in [7, 11) is 0. The molecule has 1 aromatic carbocycles. The Labute approximate surface area is 175 Å². The van der Waals surface area contributed by atoms with Gasteiger partial charge in [-0.15, -0.1) is 0 Å². The van der Waals surface area contributed by atoms with Crippen LogP contribution in [0.2, 0.25) is 0 Å². The van der Waals surface area contributed by atoms with Crippen molar-refractivity contribution in [1.82, 2.24) is 14.9 Å². The summed E-state index contributed by atoms with van der Waals surface area (Å²) in [5.74, 6) is 2.24. The van der Waals surface area contributed by atoms with Crippen LogP contribution in [0.4, 0.5) is 5.82 Å². The first kappa shape index (κ1) is 21.7. The number of rotatable bonds is 7. The molecule has 0 aliphatic carbocycles. The van der Waals surface area contributed by atoms with Crippen molar-refractivity contribution < 1.29 is 5.11 Å². The van der Waals surface area contributed by atoms with Crippen LogP contribution in [0.5, 0.6) is 0 Å².